The quantitative estimate of drug-likeness (QED) is 0.795. The first-order valence-corrected chi connectivity index (χ1v) is 4.28. The van der Waals surface area contributed by atoms with Crippen LogP contribution in [-0.2, 0) is 12.6 Å². The molecule has 6 heteroatoms. The second-order valence-electron chi connectivity index (χ2n) is 3.35. The van der Waals surface area contributed by atoms with Crippen LogP contribution in [0.4, 0.5) is 13.2 Å². The van der Waals surface area contributed by atoms with Crippen molar-refractivity contribution in [3.05, 3.63) is 17.8 Å². The number of aromatic nitrogens is 1. The average Bonchev–Trinajstić information content (AvgIpc) is 2.43. The summed E-state index contributed by atoms with van der Waals surface area (Å²) in [6, 6.07) is 0. The van der Waals surface area contributed by atoms with Crippen molar-refractivity contribution >= 4 is 0 Å². The fourth-order valence-electron chi connectivity index (χ4n) is 1.27. The monoisotopic (exact) mass is 206 g/mol. The number of rotatable bonds is 2. The van der Waals surface area contributed by atoms with Gasteiger partial charge in [0.1, 0.15) is 6.26 Å². The Hall–Kier alpha value is -1.04. The molecule has 2 heterocycles. The Labute approximate surface area is 78.3 Å². The average molecular weight is 206 g/mol. The third-order valence-corrected chi connectivity index (χ3v) is 2.17. The third-order valence-electron chi connectivity index (χ3n) is 2.17. The second-order valence-corrected chi connectivity index (χ2v) is 3.35. The topological polar surface area (TPSA) is 38.1 Å². The van der Waals surface area contributed by atoms with Gasteiger partial charge in [-0.2, -0.15) is 13.2 Å². The molecule has 1 aliphatic rings. The van der Waals surface area contributed by atoms with Gasteiger partial charge in [0.2, 0.25) is 0 Å². The van der Waals surface area contributed by atoms with Crippen molar-refractivity contribution in [2.75, 3.05) is 13.1 Å². The Morgan fingerprint density at radius 1 is 1.50 bits per heavy atom. The molecule has 0 saturated carbocycles. The zero-order valence-corrected chi connectivity index (χ0v) is 7.27. The van der Waals surface area contributed by atoms with Crippen LogP contribution in [0.2, 0.25) is 0 Å². The van der Waals surface area contributed by atoms with Crippen LogP contribution in [0.25, 0.3) is 0 Å². The fourth-order valence-corrected chi connectivity index (χ4v) is 1.27. The highest BCUT2D eigenvalue weighted by atomic mass is 19.4. The predicted molar refractivity (Wildman–Crippen MR) is 41.6 cm³/mol. The molecule has 14 heavy (non-hydrogen) atoms. The molecule has 2 rings (SSSR count). The highest BCUT2D eigenvalue weighted by molar-refractivity contribution is 5.02. The van der Waals surface area contributed by atoms with E-state index in [-0.39, 0.29) is 5.89 Å². The molecule has 0 unspecified atom stereocenters. The number of hydrogen-bond acceptors (Lipinski definition) is 3. The molecule has 0 aromatic carbocycles. The molecule has 0 bridgehead atoms. The lowest BCUT2D eigenvalue weighted by atomic mass is 10.00. The molecule has 3 nitrogen and oxygen atoms in total. The summed E-state index contributed by atoms with van der Waals surface area (Å²) in [7, 11) is 0. The van der Waals surface area contributed by atoms with E-state index in [1.54, 1.807) is 0 Å². The molecular weight excluding hydrogens is 197 g/mol. The molecule has 1 aliphatic heterocycles. The molecule has 0 atom stereocenters. The van der Waals surface area contributed by atoms with E-state index in [1.165, 1.54) is 0 Å². The van der Waals surface area contributed by atoms with E-state index in [9.17, 15) is 13.2 Å². The Morgan fingerprint density at radius 2 is 2.21 bits per heavy atom. The molecule has 78 valence electrons. The molecule has 1 N–H and O–H groups in total. The van der Waals surface area contributed by atoms with Crippen molar-refractivity contribution < 1.29 is 17.6 Å². The smallest absolute Gasteiger partial charge is 0.436 e. The second kappa shape index (κ2) is 3.27. The molecule has 1 saturated heterocycles. The highest BCUT2D eigenvalue weighted by Crippen LogP contribution is 2.28. The lowest BCUT2D eigenvalue weighted by molar-refractivity contribution is -0.141. The predicted octanol–water partition coefficient (Wildman–Crippen LogP) is 1.46. The van der Waals surface area contributed by atoms with E-state index >= 15 is 0 Å². The number of alkyl halides is 3. The van der Waals surface area contributed by atoms with Crippen molar-refractivity contribution in [2.24, 2.45) is 5.92 Å². The van der Waals surface area contributed by atoms with Gasteiger partial charge in [-0.05, 0) is 19.0 Å². The van der Waals surface area contributed by atoms with Crippen molar-refractivity contribution in [1.82, 2.24) is 10.3 Å². The van der Waals surface area contributed by atoms with E-state index in [2.05, 4.69) is 10.3 Å². The number of halogens is 3. The van der Waals surface area contributed by atoms with Crippen LogP contribution < -0.4 is 5.32 Å². The number of oxazole rings is 1. The molecule has 0 aliphatic carbocycles. The Morgan fingerprint density at radius 3 is 2.64 bits per heavy atom. The number of hydrogen-bond donors (Lipinski definition) is 1. The van der Waals surface area contributed by atoms with Gasteiger partial charge in [-0.1, -0.05) is 0 Å². The van der Waals surface area contributed by atoms with Gasteiger partial charge >= 0.3 is 6.18 Å². The highest BCUT2D eigenvalue weighted by Gasteiger charge is 2.35. The van der Waals surface area contributed by atoms with Crippen LogP contribution >= 0.6 is 0 Å². The first-order chi connectivity index (χ1) is 6.55. The third kappa shape index (κ3) is 1.89. The molecule has 1 aromatic heterocycles. The van der Waals surface area contributed by atoms with Crippen LogP contribution in [0.1, 0.15) is 11.6 Å². The summed E-state index contributed by atoms with van der Waals surface area (Å²) in [5.41, 5.74) is -0.945. The maximum absolute atomic E-state index is 12.1. The molecule has 1 fully saturated rings. The minimum atomic E-state index is -4.40. The standard InChI is InChI=1S/C8H9F3N2O/c9-8(10,11)6-4-14-7(13-6)1-5-2-12-3-5/h4-5,12H,1-3H2. The minimum absolute atomic E-state index is 0.170. The number of nitrogens with one attached hydrogen (secondary N) is 1. The van der Waals surface area contributed by atoms with Gasteiger partial charge in [-0.3, -0.25) is 0 Å². The van der Waals surface area contributed by atoms with Gasteiger partial charge in [0.05, 0.1) is 0 Å². The van der Waals surface area contributed by atoms with Gasteiger partial charge < -0.3 is 9.73 Å². The normalized spacial score (nSPS) is 18.2. The van der Waals surface area contributed by atoms with Crippen LogP contribution in [0.5, 0.6) is 0 Å². The summed E-state index contributed by atoms with van der Waals surface area (Å²) in [4.78, 5) is 3.38. The summed E-state index contributed by atoms with van der Waals surface area (Å²) in [6.45, 7) is 1.65. The summed E-state index contributed by atoms with van der Waals surface area (Å²) in [6.07, 6.45) is -3.26. The van der Waals surface area contributed by atoms with E-state index < -0.39 is 11.9 Å². The van der Waals surface area contributed by atoms with E-state index in [1.807, 2.05) is 0 Å². The summed E-state index contributed by atoms with van der Waals surface area (Å²) < 4.78 is 41.0. The van der Waals surface area contributed by atoms with Crippen LogP contribution in [-0.4, -0.2) is 18.1 Å². The van der Waals surface area contributed by atoms with Crippen molar-refractivity contribution in [1.29, 1.82) is 0 Å². The van der Waals surface area contributed by atoms with Crippen molar-refractivity contribution in [3.8, 4) is 0 Å². The Bertz CT molecular complexity index is 317. The molecule has 0 radical (unpaired) electrons. The molecule has 0 spiro atoms. The van der Waals surface area contributed by atoms with E-state index in [0.717, 1.165) is 13.1 Å². The van der Waals surface area contributed by atoms with Crippen molar-refractivity contribution in [3.63, 3.8) is 0 Å². The summed E-state index contributed by atoms with van der Waals surface area (Å²) in [5.74, 6) is 0.526. The largest absolute Gasteiger partial charge is 0.448 e. The zero-order chi connectivity index (χ0) is 10.2. The van der Waals surface area contributed by atoms with Gasteiger partial charge in [0.15, 0.2) is 11.6 Å². The maximum atomic E-state index is 12.1. The van der Waals surface area contributed by atoms with Crippen LogP contribution in [0.15, 0.2) is 10.7 Å². The van der Waals surface area contributed by atoms with Crippen LogP contribution in [0, 0.1) is 5.92 Å². The zero-order valence-electron chi connectivity index (χ0n) is 7.27. The molecule has 1 aromatic rings. The minimum Gasteiger partial charge on any atom is -0.448 e. The summed E-state index contributed by atoms with van der Waals surface area (Å²) >= 11 is 0. The fraction of sp³-hybridized carbons (Fsp3) is 0.625. The Kier molecular flexibility index (Phi) is 2.22. The Balaban J connectivity index is 2.02. The van der Waals surface area contributed by atoms with Gasteiger partial charge in [0.25, 0.3) is 0 Å². The van der Waals surface area contributed by atoms with Crippen LogP contribution in [0.3, 0.4) is 0 Å². The lowest BCUT2D eigenvalue weighted by Crippen LogP contribution is -2.43. The lowest BCUT2D eigenvalue weighted by Gasteiger charge is -2.25. The van der Waals surface area contributed by atoms with E-state index in [0.29, 0.717) is 18.6 Å². The van der Waals surface area contributed by atoms with Gasteiger partial charge in [-0.15, -0.1) is 0 Å². The maximum Gasteiger partial charge on any atom is 0.436 e. The summed E-state index contributed by atoms with van der Waals surface area (Å²) in [5, 5.41) is 3.03. The first-order valence-electron chi connectivity index (χ1n) is 4.28. The van der Waals surface area contributed by atoms with Gasteiger partial charge in [-0.25, -0.2) is 4.98 Å². The van der Waals surface area contributed by atoms with Gasteiger partial charge in [0, 0.05) is 6.42 Å². The van der Waals surface area contributed by atoms with E-state index in [4.69, 9.17) is 4.42 Å². The molecular formula is C8H9F3N2O. The number of nitrogens with zero attached hydrogens (tertiary/aromatic N) is 1. The SMILES string of the molecule is FC(F)(F)c1coc(CC2CNC2)n1. The first kappa shape index (κ1) is 9.51. The molecule has 0 amide bonds. The van der Waals surface area contributed by atoms with Crippen molar-refractivity contribution in [2.45, 2.75) is 12.6 Å².